The highest BCUT2D eigenvalue weighted by Gasteiger charge is 2.48. The van der Waals surface area contributed by atoms with Gasteiger partial charge in [-0.15, -0.1) is 0 Å². The van der Waals surface area contributed by atoms with Gasteiger partial charge in [0.05, 0.1) is 12.7 Å². The zero-order valence-corrected chi connectivity index (χ0v) is 16.1. The number of carbonyl (C=O) groups excluding carboxylic acids is 2. The second-order valence-corrected chi connectivity index (χ2v) is 7.63. The molecule has 1 aromatic carbocycles. The van der Waals surface area contributed by atoms with Crippen LogP contribution in [0, 0.1) is 5.92 Å². The highest BCUT2D eigenvalue weighted by atomic mass is 16.6. The third-order valence-corrected chi connectivity index (χ3v) is 5.63. The van der Waals surface area contributed by atoms with Gasteiger partial charge in [-0.1, -0.05) is 6.07 Å². The Morgan fingerprint density at radius 3 is 2.54 bits per heavy atom. The van der Waals surface area contributed by atoms with E-state index in [1.54, 1.807) is 13.2 Å². The Balaban J connectivity index is 1.68. The Morgan fingerprint density at radius 1 is 1.23 bits per heavy atom. The Morgan fingerprint density at radius 2 is 1.92 bits per heavy atom. The maximum atomic E-state index is 12.7. The highest BCUT2D eigenvalue weighted by molar-refractivity contribution is 5.95. The van der Waals surface area contributed by atoms with Crippen LogP contribution < -0.4 is 4.74 Å². The molecule has 1 spiro atoms. The molecular weight excluding hydrogens is 332 g/mol. The average molecular weight is 360 g/mol. The third-order valence-electron chi connectivity index (χ3n) is 5.63. The predicted octanol–water partition coefficient (Wildman–Crippen LogP) is 2.27. The number of rotatable bonds is 5. The van der Waals surface area contributed by atoms with E-state index in [0.717, 1.165) is 31.5 Å². The second kappa shape index (κ2) is 7.27. The molecule has 0 N–H and O–H groups in total. The van der Waals surface area contributed by atoms with Crippen molar-refractivity contribution in [1.82, 2.24) is 9.80 Å². The Hall–Kier alpha value is -2.08. The summed E-state index contributed by atoms with van der Waals surface area (Å²) in [7, 11) is 7.46. The van der Waals surface area contributed by atoms with Gasteiger partial charge in [-0.25, -0.2) is 4.79 Å². The number of amides is 1. The van der Waals surface area contributed by atoms with Crippen molar-refractivity contribution < 1.29 is 19.1 Å². The molecule has 2 aliphatic rings. The van der Waals surface area contributed by atoms with Gasteiger partial charge >= 0.3 is 5.97 Å². The van der Waals surface area contributed by atoms with Crippen molar-refractivity contribution in [2.24, 2.45) is 5.92 Å². The molecule has 142 valence electrons. The SMILES string of the molecule is COc1ccc2c(c1)C(=O)OC21CCC(C(=O)N(C)CCN(C)C)CC1. The Kier molecular flexibility index (Phi) is 5.23. The summed E-state index contributed by atoms with van der Waals surface area (Å²) >= 11 is 0. The minimum atomic E-state index is -0.572. The van der Waals surface area contributed by atoms with Gasteiger partial charge in [0.25, 0.3) is 0 Å². The summed E-state index contributed by atoms with van der Waals surface area (Å²) in [6.07, 6.45) is 2.86. The number of hydrogen-bond acceptors (Lipinski definition) is 5. The van der Waals surface area contributed by atoms with Gasteiger partial charge in [-0.05, 0) is 51.9 Å². The minimum absolute atomic E-state index is 0.00814. The first-order chi connectivity index (χ1) is 12.4. The van der Waals surface area contributed by atoms with Crippen LogP contribution in [0.5, 0.6) is 5.75 Å². The summed E-state index contributed by atoms with van der Waals surface area (Å²) in [5, 5.41) is 0. The molecule has 1 fully saturated rings. The van der Waals surface area contributed by atoms with Crippen LogP contribution in [0.15, 0.2) is 18.2 Å². The maximum absolute atomic E-state index is 12.7. The lowest BCUT2D eigenvalue weighted by Crippen LogP contribution is -2.41. The number of nitrogens with zero attached hydrogens (tertiary/aromatic N) is 2. The van der Waals surface area contributed by atoms with Crippen molar-refractivity contribution in [2.75, 3.05) is 41.3 Å². The molecule has 1 saturated carbocycles. The van der Waals surface area contributed by atoms with E-state index in [-0.39, 0.29) is 17.8 Å². The largest absolute Gasteiger partial charge is 0.497 e. The predicted molar refractivity (Wildman–Crippen MR) is 98.2 cm³/mol. The number of likely N-dealkylation sites (N-methyl/N-ethyl adjacent to an activating group) is 2. The summed E-state index contributed by atoms with van der Waals surface area (Å²) in [5.74, 6) is 0.575. The van der Waals surface area contributed by atoms with Crippen LogP contribution >= 0.6 is 0 Å². The van der Waals surface area contributed by atoms with Gasteiger partial charge in [-0.3, -0.25) is 4.79 Å². The molecule has 0 bridgehead atoms. The fraction of sp³-hybridized carbons (Fsp3) is 0.600. The number of hydrogen-bond donors (Lipinski definition) is 0. The lowest BCUT2D eigenvalue weighted by Gasteiger charge is -2.37. The van der Waals surface area contributed by atoms with Crippen molar-refractivity contribution in [3.63, 3.8) is 0 Å². The Bertz CT molecular complexity index is 693. The standard InChI is InChI=1S/C20H28N2O4/c1-21(2)11-12-22(3)18(23)14-7-9-20(10-8-14)17-6-5-15(25-4)13-16(17)19(24)26-20/h5-6,13-14H,7-12H2,1-4H3. The lowest BCUT2D eigenvalue weighted by atomic mass is 9.74. The van der Waals surface area contributed by atoms with Gasteiger partial charge in [0.2, 0.25) is 5.91 Å². The molecule has 0 saturated heterocycles. The number of fused-ring (bicyclic) bond motifs is 2. The molecule has 1 heterocycles. The number of esters is 1. The van der Waals surface area contributed by atoms with Crippen molar-refractivity contribution >= 4 is 11.9 Å². The van der Waals surface area contributed by atoms with E-state index in [1.165, 1.54) is 0 Å². The molecule has 6 heteroatoms. The van der Waals surface area contributed by atoms with E-state index >= 15 is 0 Å². The van der Waals surface area contributed by atoms with Crippen molar-refractivity contribution in [3.8, 4) is 5.75 Å². The normalized spacial score (nSPS) is 24.5. The molecule has 26 heavy (non-hydrogen) atoms. The smallest absolute Gasteiger partial charge is 0.339 e. The van der Waals surface area contributed by atoms with Crippen LogP contribution in [0.1, 0.15) is 41.6 Å². The van der Waals surface area contributed by atoms with Crippen LogP contribution in [0.2, 0.25) is 0 Å². The van der Waals surface area contributed by atoms with E-state index in [2.05, 4.69) is 4.90 Å². The first kappa shape index (κ1) is 18.7. The topological polar surface area (TPSA) is 59.1 Å². The first-order valence-corrected chi connectivity index (χ1v) is 9.18. The van der Waals surface area contributed by atoms with E-state index in [0.29, 0.717) is 24.2 Å². The molecule has 0 unspecified atom stereocenters. The van der Waals surface area contributed by atoms with Gasteiger partial charge in [0.15, 0.2) is 0 Å². The zero-order valence-electron chi connectivity index (χ0n) is 16.1. The van der Waals surface area contributed by atoms with Gasteiger partial charge in [0.1, 0.15) is 11.4 Å². The highest BCUT2D eigenvalue weighted by Crippen LogP contribution is 2.48. The quantitative estimate of drug-likeness (QED) is 0.754. The third kappa shape index (κ3) is 3.43. The fourth-order valence-corrected chi connectivity index (χ4v) is 3.98. The van der Waals surface area contributed by atoms with Gasteiger partial charge in [-0.2, -0.15) is 0 Å². The number of methoxy groups -OCH3 is 1. The average Bonchev–Trinajstić information content (AvgIpc) is 2.91. The fourth-order valence-electron chi connectivity index (χ4n) is 3.98. The second-order valence-electron chi connectivity index (χ2n) is 7.63. The lowest BCUT2D eigenvalue weighted by molar-refractivity contribution is -0.137. The molecule has 0 radical (unpaired) electrons. The molecule has 0 aromatic heterocycles. The monoisotopic (exact) mass is 360 g/mol. The van der Waals surface area contributed by atoms with Crippen LogP contribution in [0.25, 0.3) is 0 Å². The van der Waals surface area contributed by atoms with E-state index in [4.69, 9.17) is 9.47 Å². The summed E-state index contributed by atoms with van der Waals surface area (Å²) in [5.41, 5.74) is 0.963. The molecular formula is C20H28N2O4. The van der Waals surface area contributed by atoms with Crippen molar-refractivity contribution in [3.05, 3.63) is 29.3 Å². The Labute approximate surface area is 155 Å². The molecule has 1 aliphatic carbocycles. The molecule has 6 nitrogen and oxygen atoms in total. The maximum Gasteiger partial charge on any atom is 0.339 e. The number of benzene rings is 1. The van der Waals surface area contributed by atoms with E-state index < -0.39 is 5.60 Å². The zero-order chi connectivity index (χ0) is 18.9. The van der Waals surface area contributed by atoms with Crippen molar-refractivity contribution in [1.29, 1.82) is 0 Å². The van der Waals surface area contributed by atoms with Crippen LogP contribution in [0.4, 0.5) is 0 Å². The summed E-state index contributed by atoms with van der Waals surface area (Å²) in [6, 6.07) is 5.55. The van der Waals surface area contributed by atoms with E-state index in [9.17, 15) is 9.59 Å². The molecule has 1 amide bonds. The molecule has 3 rings (SSSR count). The molecule has 0 atom stereocenters. The first-order valence-electron chi connectivity index (χ1n) is 9.18. The van der Waals surface area contributed by atoms with Crippen LogP contribution in [0.3, 0.4) is 0 Å². The van der Waals surface area contributed by atoms with E-state index in [1.807, 2.05) is 38.2 Å². The van der Waals surface area contributed by atoms with Crippen LogP contribution in [-0.4, -0.2) is 63.0 Å². The number of carbonyl (C=O) groups is 2. The van der Waals surface area contributed by atoms with Gasteiger partial charge < -0.3 is 19.3 Å². The van der Waals surface area contributed by atoms with Gasteiger partial charge in [0, 0.05) is 31.6 Å². The van der Waals surface area contributed by atoms with Crippen LogP contribution in [-0.2, 0) is 15.1 Å². The summed E-state index contributed by atoms with van der Waals surface area (Å²) in [4.78, 5) is 28.9. The minimum Gasteiger partial charge on any atom is -0.497 e. The molecule has 1 aromatic rings. The summed E-state index contributed by atoms with van der Waals surface area (Å²) in [6.45, 7) is 1.58. The van der Waals surface area contributed by atoms with Crippen molar-refractivity contribution in [2.45, 2.75) is 31.3 Å². The summed E-state index contributed by atoms with van der Waals surface area (Å²) < 4.78 is 11.0. The number of ether oxygens (including phenoxy) is 2. The molecule has 1 aliphatic heterocycles.